The molecule has 0 aliphatic carbocycles. The first-order valence-corrected chi connectivity index (χ1v) is 5.86. The lowest BCUT2D eigenvalue weighted by Crippen LogP contribution is -2.27. The van der Waals surface area contributed by atoms with E-state index < -0.39 is 17.8 Å². The number of benzene rings is 1. The molecule has 0 heterocycles. The average Bonchev–Trinajstić information content (AvgIpc) is 2.20. The Hall–Kier alpha value is -1.29. The molecule has 1 atom stereocenters. The number of nitrogens with one attached hydrogen (secondary N) is 2. The fraction of sp³-hybridized carbons (Fsp3) is 0.300. The highest BCUT2D eigenvalue weighted by Gasteiger charge is 2.30. The van der Waals surface area contributed by atoms with Crippen LogP contribution < -0.4 is 10.6 Å². The lowest BCUT2D eigenvalue weighted by Gasteiger charge is -2.11. The number of halogens is 3. The van der Waals surface area contributed by atoms with Crippen LogP contribution in [-0.4, -0.2) is 12.3 Å². The summed E-state index contributed by atoms with van der Waals surface area (Å²) >= 11 is 0. The Morgan fingerprint density at radius 1 is 1.41 bits per heavy atom. The maximum absolute atomic E-state index is 12.4. The number of alkyl halides is 3. The number of urea groups is 1. The predicted molar refractivity (Wildman–Crippen MR) is 64.3 cm³/mol. The van der Waals surface area contributed by atoms with Crippen LogP contribution >= 0.6 is 9.24 Å². The molecule has 3 nitrogen and oxygen atoms in total. The van der Waals surface area contributed by atoms with E-state index in [2.05, 4.69) is 10.6 Å². The Morgan fingerprint density at radius 3 is 2.53 bits per heavy atom. The maximum Gasteiger partial charge on any atom is 0.416 e. The Bertz CT molecular complexity index is 421. The molecule has 7 heteroatoms. The molecule has 0 saturated carbocycles. The largest absolute Gasteiger partial charge is 0.416 e. The zero-order valence-corrected chi connectivity index (χ0v) is 10.6. The van der Waals surface area contributed by atoms with Gasteiger partial charge in [0.1, 0.15) is 6.29 Å². The van der Waals surface area contributed by atoms with Gasteiger partial charge in [-0.2, -0.15) is 13.2 Å². The SMILES string of the molecule is Cc1cc(C(F)(F)F)ccc1NC(=O)NC[PH3+]. The minimum Gasteiger partial charge on any atom is -0.308 e. The van der Waals surface area contributed by atoms with Crippen molar-refractivity contribution in [1.82, 2.24) is 5.32 Å². The molecule has 2 N–H and O–H groups in total. The van der Waals surface area contributed by atoms with Gasteiger partial charge in [0.25, 0.3) is 0 Å². The van der Waals surface area contributed by atoms with Crippen LogP contribution in [0.2, 0.25) is 0 Å². The van der Waals surface area contributed by atoms with Crippen molar-refractivity contribution in [3.8, 4) is 0 Å². The van der Waals surface area contributed by atoms with Crippen molar-refractivity contribution in [2.75, 3.05) is 11.6 Å². The molecule has 2 amide bonds. The third kappa shape index (κ3) is 3.89. The molecule has 0 fully saturated rings. The van der Waals surface area contributed by atoms with Crippen LogP contribution in [0.25, 0.3) is 0 Å². The van der Waals surface area contributed by atoms with Gasteiger partial charge < -0.3 is 10.6 Å². The summed E-state index contributed by atoms with van der Waals surface area (Å²) in [6.45, 7) is 1.51. The minimum absolute atomic E-state index is 0.368. The van der Waals surface area contributed by atoms with Gasteiger partial charge in [-0.15, -0.1) is 0 Å². The number of carbonyl (C=O) groups excluding carboxylic acids is 1. The molecule has 94 valence electrons. The van der Waals surface area contributed by atoms with Crippen LogP contribution in [0.1, 0.15) is 11.1 Å². The summed E-state index contributed by atoms with van der Waals surface area (Å²) in [6, 6.07) is 2.76. The summed E-state index contributed by atoms with van der Waals surface area (Å²) in [5.74, 6) is 0. The van der Waals surface area contributed by atoms with Crippen LogP contribution in [0.3, 0.4) is 0 Å². The average molecular weight is 265 g/mol. The van der Waals surface area contributed by atoms with E-state index in [9.17, 15) is 18.0 Å². The molecule has 0 spiro atoms. The standard InChI is InChI=1S/C10H12F3N2OP/c1-6-4-7(10(11,12)13)2-3-8(6)15-9(16)14-5-17/h2-4H,5,17H2,1H3,(H2,14,15,16)/p+1. The van der Waals surface area contributed by atoms with Gasteiger partial charge >= 0.3 is 12.2 Å². The molecule has 17 heavy (non-hydrogen) atoms. The highest BCUT2D eigenvalue weighted by molar-refractivity contribution is 7.16. The van der Waals surface area contributed by atoms with E-state index >= 15 is 0 Å². The van der Waals surface area contributed by atoms with Gasteiger partial charge in [-0.1, -0.05) is 0 Å². The smallest absolute Gasteiger partial charge is 0.308 e. The number of carbonyl (C=O) groups is 1. The third-order valence-electron chi connectivity index (χ3n) is 2.09. The fourth-order valence-corrected chi connectivity index (χ4v) is 1.49. The van der Waals surface area contributed by atoms with Gasteiger partial charge in [0.15, 0.2) is 0 Å². The molecule has 1 unspecified atom stereocenters. The Balaban J connectivity index is 2.87. The first-order chi connectivity index (χ1) is 7.84. The topological polar surface area (TPSA) is 41.1 Å². The Morgan fingerprint density at radius 2 is 2.06 bits per heavy atom. The van der Waals surface area contributed by atoms with Gasteiger partial charge in [-0.3, -0.25) is 0 Å². The lowest BCUT2D eigenvalue weighted by molar-refractivity contribution is -0.137. The fourth-order valence-electron chi connectivity index (χ4n) is 1.26. The molecule has 1 aromatic carbocycles. The lowest BCUT2D eigenvalue weighted by atomic mass is 10.1. The molecule has 0 aliphatic rings. The van der Waals surface area contributed by atoms with E-state index in [-0.39, 0.29) is 0 Å². The molecular formula is C10H13F3N2OP+. The van der Waals surface area contributed by atoms with E-state index in [0.29, 0.717) is 17.5 Å². The molecular weight excluding hydrogens is 252 g/mol. The summed E-state index contributed by atoms with van der Waals surface area (Å²) in [5, 5.41) is 4.98. The van der Waals surface area contributed by atoms with Crippen molar-refractivity contribution < 1.29 is 18.0 Å². The van der Waals surface area contributed by atoms with E-state index in [4.69, 9.17) is 0 Å². The Labute approximate surface area is 99.0 Å². The van der Waals surface area contributed by atoms with E-state index in [0.717, 1.165) is 12.1 Å². The van der Waals surface area contributed by atoms with Gasteiger partial charge in [0.2, 0.25) is 0 Å². The summed E-state index contributed by atoms with van der Waals surface area (Å²) < 4.78 is 37.2. The zero-order chi connectivity index (χ0) is 13.1. The quantitative estimate of drug-likeness (QED) is 0.793. The summed E-state index contributed by atoms with van der Waals surface area (Å²) in [5.41, 5.74) is 0.0127. The van der Waals surface area contributed by atoms with Gasteiger partial charge in [-0.25, -0.2) is 4.79 Å². The highest BCUT2D eigenvalue weighted by atomic mass is 31.0. The second-order valence-corrected chi connectivity index (χ2v) is 3.91. The normalized spacial score (nSPS) is 11.3. The summed E-state index contributed by atoms with van der Waals surface area (Å²) in [4.78, 5) is 11.2. The monoisotopic (exact) mass is 265 g/mol. The zero-order valence-electron chi connectivity index (χ0n) is 9.19. The second-order valence-electron chi connectivity index (χ2n) is 3.41. The van der Waals surface area contributed by atoms with Crippen LogP contribution in [0.4, 0.5) is 23.7 Å². The third-order valence-corrected chi connectivity index (χ3v) is 2.34. The van der Waals surface area contributed by atoms with E-state index in [1.165, 1.54) is 13.0 Å². The van der Waals surface area contributed by atoms with Crippen molar-refractivity contribution >= 4 is 21.0 Å². The van der Waals surface area contributed by atoms with Crippen molar-refractivity contribution in [2.45, 2.75) is 13.1 Å². The van der Waals surface area contributed by atoms with Crippen LogP contribution in [-0.2, 0) is 6.18 Å². The van der Waals surface area contributed by atoms with Gasteiger partial charge in [-0.05, 0) is 39.9 Å². The Kier molecular flexibility index (Phi) is 4.34. The molecule has 1 rings (SSSR count). The predicted octanol–water partition coefficient (Wildman–Crippen LogP) is 2.70. The molecule has 0 saturated heterocycles. The van der Waals surface area contributed by atoms with Crippen molar-refractivity contribution in [3.05, 3.63) is 29.3 Å². The molecule has 1 aromatic rings. The van der Waals surface area contributed by atoms with Crippen LogP contribution in [0.5, 0.6) is 0 Å². The van der Waals surface area contributed by atoms with Crippen LogP contribution in [0, 0.1) is 6.92 Å². The van der Waals surface area contributed by atoms with Crippen LogP contribution in [0.15, 0.2) is 18.2 Å². The summed E-state index contributed by atoms with van der Waals surface area (Å²) in [6.07, 6.45) is -3.89. The molecule has 0 aliphatic heterocycles. The molecule has 0 aromatic heterocycles. The first kappa shape index (κ1) is 13.8. The number of hydrogen-bond acceptors (Lipinski definition) is 1. The maximum atomic E-state index is 12.4. The summed E-state index contributed by atoms with van der Waals surface area (Å²) in [7, 11) is 1.56. The van der Waals surface area contributed by atoms with Crippen molar-refractivity contribution in [2.24, 2.45) is 0 Å². The number of aryl methyl sites for hydroxylation is 1. The van der Waals surface area contributed by atoms with Crippen molar-refractivity contribution in [3.63, 3.8) is 0 Å². The number of rotatable bonds is 2. The number of amides is 2. The molecule has 0 radical (unpaired) electrons. The van der Waals surface area contributed by atoms with Crippen molar-refractivity contribution in [1.29, 1.82) is 0 Å². The number of hydrogen-bond donors (Lipinski definition) is 2. The first-order valence-electron chi connectivity index (χ1n) is 4.86. The number of anilines is 1. The highest BCUT2D eigenvalue weighted by Crippen LogP contribution is 2.31. The van der Waals surface area contributed by atoms with Gasteiger partial charge in [0, 0.05) is 5.69 Å². The van der Waals surface area contributed by atoms with E-state index in [1.807, 2.05) is 0 Å². The molecule has 0 bridgehead atoms. The minimum atomic E-state index is -4.36. The van der Waals surface area contributed by atoms with E-state index in [1.54, 1.807) is 9.24 Å². The second kappa shape index (κ2) is 5.36. The van der Waals surface area contributed by atoms with Gasteiger partial charge in [0.05, 0.1) is 5.56 Å².